The van der Waals surface area contributed by atoms with Gasteiger partial charge in [-0.25, -0.2) is 0 Å². The highest BCUT2D eigenvalue weighted by molar-refractivity contribution is 4.93. The predicted molar refractivity (Wildman–Crippen MR) is 48.5 cm³/mol. The molecule has 0 aliphatic carbocycles. The first-order valence-electron chi connectivity index (χ1n) is 4.74. The SMILES string of the molecule is Cc1nnc(C2CCN(C)CC2)o1. The van der Waals surface area contributed by atoms with Crippen LogP contribution in [0.2, 0.25) is 0 Å². The summed E-state index contributed by atoms with van der Waals surface area (Å²) >= 11 is 0. The smallest absolute Gasteiger partial charge is 0.219 e. The lowest BCUT2D eigenvalue weighted by Gasteiger charge is -2.26. The minimum atomic E-state index is 0.484. The molecule has 1 fully saturated rings. The monoisotopic (exact) mass is 181 g/mol. The Hall–Kier alpha value is -0.900. The summed E-state index contributed by atoms with van der Waals surface area (Å²) in [6, 6.07) is 0. The Morgan fingerprint density at radius 1 is 1.31 bits per heavy atom. The van der Waals surface area contributed by atoms with Crippen LogP contribution in [-0.2, 0) is 0 Å². The van der Waals surface area contributed by atoms with Gasteiger partial charge < -0.3 is 9.32 Å². The van der Waals surface area contributed by atoms with E-state index in [1.807, 2.05) is 6.92 Å². The van der Waals surface area contributed by atoms with Gasteiger partial charge in [-0.1, -0.05) is 0 Å². The molecule has 0 unspecified atom stereocenters. The summed E-state index contributed by atoms with van der Waals surface area (Å²) in [6.07, 6.45) is 2.27. The molecule has 0 radical (unpaired) electrons. The van der Waals surface area contributed by atoms with E-state index in [1.54, 1.807) is 0 Å². The minimum Gasteiger partial charge on any atom is -0.425 e. The van der Waals surface area contributed by atoms with E-state index in [9.17, 15) is 0 Å². The van der Waals surface area contributed by atoms with Crippen LogP contribution in [0, 0.1) is 6.92 Å². The molecule has 0 amide bonds. The highest BCUT2D eigenvalue weighted by Crippen LogP contribution is 2.25. The van der Waals surface area contributed by atoms with E-state index < -0.39 is 0 Å². The maximum atomic E-state index is 5.42. The molecule has 1 aliphatic rings. The molecule has 0 saturated carbocycles. The summed E-state index contributed by atoms with van der Waals surface area (Å²) in [5.74, 6) is 1.98. The second-order valence-electron chi connectivity index (χ2n) is 3.74. The van der Waals surface area contributed by atoms with Gasteiger partial charge in [-0.2, -0.15) is 0 Å². The number of likely N-dealkylation sites (tertiary alicyclic amines) is 1. The Morgan fingerprint density at radius 3 is 2.54 bits per heavy atom. The van der Waals surface area contributed by atoms with E-state index >= 15 is 0 Å². The van der Waals surface area contributed by atoms with E-state index in [0.29, 0.717) is 11.8 Å². The molecule has 1 saturated heterocycles. The zero-order valence-electron chi connectivity index (χ0n) is 8.16. The van der Waals surface area contributed by atoms with Crippen molar-refractivity contribution in [1.29, 1.82) is 0 Å². The second-order valence-corrected chi connectivity index (χ2v) is 3.74. The highest BCUT2D eigenvalue weighted by Gasteiger charge is 2.22. The third-order valence-corrected chi connectivity index (χ3v) is 2.61. The lowest BCUT2D eigenvalue weighted by atomic mass is 9.97. The van der Waals surface area contributed by atoms with Crippen molar-refractivity contribution in [3.05, 3.63) is 11.8 Å². The quantitative estimate of drug-likeness (QED) is 0.652. The molecule has 72 valence electrons. The normalized spacial score (nSPS) is 20.8. The number of nitrogens with zero attached hydrogens (tertiary/aromatic N) is 3. The third-order valence-electron chi connectivity index (χ3n) is 2.61. The van der Waals surface area contributed by atoms with Crippen LogP contribution in [0.5, 0.6) is 0 Å². The summed E-state index contributed by atoms with van der Waals surface area (Å²) in [5, 5.41) is 7.91. The molecular formula is C9H15N3O. The molecule has 1 aromatic rings. The predicted octanol–water partition coefficient (Wildman–Crippen LogP) is 1.19. The fraction of sp³-hybridized carbons (Fsp3) is 0.778. The number of aryl methyl sites for hydroxylation is 1. The molecule has 1 aliphatic heterocycles. The van der Waals surface area contributed by atoms with Gasteiger partial charge in [0.2, 0.25) is 11.8 Å². The average molecular weight is 181 g/mol. The van der Waals surface area contributed by atoms with Crippen LogP contribution in [0.15, 0.2) is 4.42 Å². The highest BCUT2D eigenvalue weighted by atomic mass is 16.4. The Bertz CT molecular complexity index is 276. The van der Waals surface area contributed by atoms with E-state index in [0.717, 1.165) is 31.8 Å². The van der Waals surface area contributed by atoms with E-state index in [2.05, 4.69) is 22.1 Å². The van der Waals surface area contributed by atoms with E-state index in [4.69, 9.17) is 4.42 Å². The number of aromatic nitrogens is 2. The maximum Gasteiger partial charge on any atom is 0.219 e. The Morgan fingerprint density at radius 2 is 2.00 bits per heavy atom. The van der Waals surface area contributed by atoms with Crippen molar-refractivity contribution in [2.75, 3.05) is 20.1 Å². The first-order valence-corrected chi connectivity index (χ1v) is 4.74. The lowest BCUT2D eigenvalue weighted by molar-refractivity contribution is 0.236. The molecule has 0 bridgehead atoms. The summed E-state index contributed by atoms with van der Waals surface area (Å²) in [5.41, 5.74) is 0. The number of piperidine rings is 1. The maximum absolute atomic E-state index is 5.42. The molecule has 0 atom stereocenters. The number of hydrogen-bond donors (Lipinski definition) is 0. The van der Waals surface area contributed by atoms with Gasteiger partial charge >= 0.3 is 0 Å². The average Bonchev–Trinajstić information content (AvgIpc) is 2.53. The molecular weight excluding hydrogens is 166 g/mol. The molecule has 4 heteroatoms. The van der Waals surface area contributed by atoms with Gasteiger partial charge in [-0.05, 0) is 33.0 Å². The van der Waals surface area contributed by atoms with Crippen LogP contribution in [0.3, 0.4) is 0 Å². The first-order chi connectivity index (χ1) is 6.25. The van der Waals surface area contributed by atoms with E-state index in [1.165, 1.54) is 0 Å². The van der Waals surface area contributed by atoms with Gasteiger partial charge in [0, 0.05) is 12.8 Å². The lowest BCUT2D eigenvalue weighted by Crippen LogP contribution is -2.29. The second kappa shape index (κ2) is 3.46. The summed E-state index contributed by atoms with van der Waals surface area (Å²) < 4.78 is 5.42. The van der Waals surface area contributed by atoms with Gasteiger partial charge in [0.1, 0.15) is 0 Å². The van der Waals surface area contributed by atoms with Gasteiger partial charge in [-0.3, -0.25) is 0 Å². The molecule has 2 rings (SSSR count). The summed E-state index contributed by atoms with van der Waals surface area (Å²) in [7, 11) is 2.15. The molecule has 13 heavy (non-hydrogen) atoms. The topological polar surface area (TPSA) is 42.2 Å². The number of rotatable bonds is 1. The molecule has 1 aromatic heterocycles. The minimum absolute atomic E-state index is 0.484. The molecule has 2 heterocycles. The number of hydrogen-bond acceptors (Lipinski definition) is 4. The van der Waals surface area contributed by atoms with Crippen molar-refractivity contribution in [2.24, 2.45) is 0 Å². The zero-order chi connectivity index (χ0) is 9.26. The molecule has 0 N–H and O–H groups in total. The van der Waals surface area contributed by atoms with Crippen LogP contribution in [0.25, 0.3) is 0 Å². The Labute approximate surface area is 77.9 Å². The summed E-state index contributed by atoms with van der Waals surface area (Å²) in [6.45, 7) is 4.10. The standard InChI is InChI=1S/C9H15N3O/c1-7-10-11-9(13-7)8-3-5-12(2)6-4-8/h8H,3-6H2,1-2H3. The van der Waals surface area contributed by atoms with Crippen molar-refractivity contribution < 1.29 is 4.42 Å². The fourth-order valence-electron chi connectivity index (χ4n) is 1.73. The van der Waals surface area contributed by atoms with Crippen LogP contribution in [0.4, 0.5) is 0 Å². The van der Waals surface area contributed by atoms with Crippen molar-refractivity contribution in [2.45, 2.75) is 25.7 Å². The van der Waals surface area contributed by atoms with E-state index in [-0.39, 0.29) is 0 Å². The molecule has 4 nitrogen and oxygen atoms in total. The van der Waals surface area contributed by atoms with Crippen molar-refractivity contribution in [3.63, 3.8) is 0 Å². The zero-order valence-corrected chi connectivity index (χ0v) is 8.16. The largest absolute Gasteiger partial charge is 0.425 e. The summed E-state index contributed by atoms with van der Waals surface area (Å²) in [4.78, 5) is 2.33. The van der Waals surface area contributed by atoms with Crippen LogP contribution in [0.1, 0.15) is 30.5 Å². The van der Waals surface area contributed by atoms with Crippen molar-refractivity contribution in [1.82, 2.24) is 15.1 Å². The van der Waals surface area contributed by atoms with Crippen LogP contribution >= 0.6 is 0 Å². The van der Waals surface area contributed by atoms with Gasteiger partial charge in [-0.15, -0.1) is 10.2 Å². The third kappa shape index (κ3) is 1.88. The molecule has 0 spiro atoms. The van der Waals surface area contributed by atoms with Crippen molar-refractivity contribution in [3.8, 4) is 0 Å². The molecule has 0 aromatic carbocycles. The Balaban J connectivity index is 2.02. The van der Waals surface area contributed by atoms with Crippen LogP contribution in [-0.4, -0.2) is 35.2 Å². The van der Waals surface area contributed by atoms with Crippen molar-refractivity contribution >= 4 is 0 Å². The van der Waals surface area contributed by atoms with Gasteiger partial charge in [0.25, 0.3) is 0 Å². The fourth-order valence-corrected chi connectivity index (χ4v) is 1.73. The van der Waals surface area contributed by atoms with Crippen LogP contribution < -0.4 is 0 Å². The van der Waals surface area contributed by atoms with Gasteiger partial charge in [0.15, 0.2) is 0 Å². The Kier molecular flexibility index (Phi) is 2.31. The van der Waals surface area contributed by atoms with Gasteiger partial charge in [0.05, 0.1) is 0 Å². The first kappa shape index (κ1) is 8.69.